The fourth-order valence-corrected chi connectivity index (χ4v) is 5.36. The minimum atomic E-state index is -0.577. The molecule has 3 heteroatoms. The molecule has 4 atom stereocenters. The Balaban J connectivity index is 2.43. The van der Waals surface area contributed by atoms with Gasteiger partial charge < -0.3 is 14.9 Å². The first kappa shape index (κ1) is 34.7. The van der Waals surface area contributed by atoms with Crippen molar-refractivity contribution in [2.24, 2.45) is 11.8 Å². The Morgan fingerprint density at radius 1 is 1.08 bits per heavy atom. The van der Waals surface area contributed by atoms with Crippen LogP contribution in [0.1, 0.15) is 145 Å². The molecule has 0 aliphatic heterocycles. The van der Waals surface area contributed by atoms with Crippen LogP contribution < -0.4 is 0 Å². The summed E-state index contributed by atoms with van der Waals surface area (Å²) in [5, 5.41) is 21.5. The van der Waals surface area contributed by atoms with Crippen LogP contribution in [0.2, 0.25) is 0 Å². The molecule has 0 saturated heterocycles. The SMILES string of the molecule is C/C=C\C/C=C(\C)CCCC(C)(O)CCCC(C)CCC1=CC(O)C(C)C(C)=C1OCCCCCCCC. The van der Waals surface area contributed by atoms with Crippen LogP contribution in [0.4, 0.5) is 0 Å². The number of unbranched alkanes of at least 4 members (excludes halogenated alkanes) is 5. The van der Waals surface area contributed by atoms with Gasteiger partial charge in [-0.05, 0) is 102 Å². The van der Waals surface area contributed by atoms with E-state index in [0.29, 0.717) is 5.92 Å². The molecule has 0 saturated carbocycles. The van der Waals surface area contributed by atoms with Crippen LogP contribution >= 0.6 is 0 Å². The van der Waals surface area contributed by atoms with Crippen molar-refractivity contribution in [2.45, 2.75) is 156 Å². The number of aliphatic hydroxyl groups excluding tert-OH is 1. The van der Waals surface area contributed by atoms with Crippen LogP contribution in [0, 0.1) is 11.8 Å². The van der Waals surface area contributed by atoms with Gasteiger partial charge in [-0.3, -0.25) is 0 Å². The highest BCUT2D eigenvalue weighted by molar-refractivity contribution is 5.37. The highest BCUT2D eigenvalue weighted by atomic mass is 16.5. The minimum absolute atomic E-state index is 0.116. The number of aliphatic hydroxyl groups is 2. The molecule has 1 rings (SSSR count). The lowest BCUT2D eigenvalue weighted by atomic mass is 9.84. The summed E-state index contributed by atoms with van der Waals surface area (Å²) in [5.41, 5.74) is 3.23. The first-order valence-electron chi connectivity index (χ1n) is 15.8. The quantitative estimate of drug-likeness (QED) is 0.115. The molecule has 0 aromatic carbocycles. The highest BCUT2D eigenvalue weighted by Gasteiger charge is 2.26. The van der Waals surface area contributed by atoms with Crippen LogP contribution in [0.25, 0.3) is 0 Å². The van der Waals surface area contributed by atoms with E-state index in [4.69, 9.17) is 4.74 Å². The third kappa shape index (κ3) is 14.7. The maximum Gasteiger partial charge on any atom is 0.121 e. The summed E-state index contributed by atoms with van der Waals surface area (Å²) in [5.74, 6) is 1.74. The maximum absolute atomic E-state index is 10.9. The first-order valence-corrected chi connectivity index (χ1v) is 15.8. The molecule has 0 fully saturated rings. The third-order valence-electron chi connectivity index (χ3n) is 8.40. The fraction of sp³-hybridized carbons (Fsp3) is 0.771. The second-order valence-electron chi connectivity index (χ2n) is 12.3. The molecule has 4 unspecified atom stereocenters. The molecule has 0 aromatic heterocycles. The van der Waals surface area contributed by atoms with Crippen LogP contribution in [0.3, 0.4) is 0 Å². The average Bonchev–Trinajstić information content (AvgIpc) is 2.86. The van der Waals surface area contributed by atoms with Gasteiger partial charge in [-0.15, -0.1) is 0 Å². The monoisotopic (exact) mass is 530 g/mol. The Labute approximate surface area is 236 Å². The standard InChI is InChI=1S/C35H62O3/c1-8-10-12-13-14-16-26-38-34-31(6)30(5)33(36)27-32(34)23-22-29(4)21-18-25-35(7,37)24-17-20-28(3)19-15-11-9-2/h9,11,19,27,29-30,33,36-37H,8,10,12-18,20-26H2,1-7H3/b11-9-,28-19+. The van der Waals surface area contributed by atoms with Crippen molar-refractivity contribution in [3.63, 3.8) is 0 Å². The van der Waals surface area contributed by atoms with E-state index >= 15 is 0 Å². The van der Waals surface area contributed by atoms with Crippen molar-refractivity contribution in [2.75, 3.05) is 6.61 Å². The van der Waals surface area contributed by atoms with E-state index in [-0.39, 0.29) is 5.92 Å². The predicted molar refractivity (Wildman–Crippen MR) is 165 cm³/mol. The lowest BCUT2D eigenvalue weighted by molar-refractivity contribution is 0.0365. The molecule has 38 heavy (non-hydrogen) atoms. The lowest BCUT2D eigenvalue weighted by Crippen LogP contribution is -2.24. The van der Waals surface area contributed by atoms with E-state index < -0.39 is 11.7 Å². The molecule has 0 amide bonds. The van der Waals surface area contributed by atoms with Crippen LogP contribution in [-0.2, 0) is 4.74 Å². The van der Waals surface area contributed by atoms with Crippen molar-refractivity contribution >= 4 is 0 Å². The largest absolute Gasteiger partial charge is 0.493 e. The van der Waals surface area contributed by atoms with Gasteiger partial charge in [0.1, 0.15) is 5.76 Å². The maximum atomic E-state index is 10.9. The molecule has 0 heterocycles. The Bertz CT molecular complexity index is 755. The van der Waals surface area contributed by atoms with Crippen molar-refractivity contribution < 1.29 is 14.9 Å². The molecule has 1 aliphatic rings. The van der Waals surface area contributed by atoms with Crippen LogP contribution in [0.15, 0.2) is 46.8 Å². The summed E-state index contributed by atoms with van der Waals surface area (Å²) in [6.45, 7) is 15.8. The fourth-order valence-electron chi connectivity index (χ4n) is 5.36. The molecule has 3 nitrogen and oxygen atoms in total. The van der Waals surface area contributed by atoms with Gasteiger partial charge in [-0.25, -0.2) is 0 Å². The van der Waals surface area contributed by atoms with E-state index in [1.807, 2.05) is 13.0 Å². The minimum Gasteiger partial charge on any atom is -0.493 e. The lowest BCUT2D eigenvalue weighted by Gasteiger charge is -2.29. The Morgan fingerprint density at radius 3 is 2.47 bits per heavy atom. The van der Waals surface area contributed by atoms with Gasteiger partial charge in [0.2, 0.25) is 0 Å². The number of rotatable bonds is 21. The number of allylic oxidation sites excluding steroid dienone is 5. The number of ether oxygens (including phenoxy) is 1. The second kappa shape index (κ2) is 19.7. The molecule has 0 radical (unpaired) electrons. The van der Waals surface area contributed by atoms with Gasteiger partial charge >= 0.3 is 0 Å². The summed E-state index contributed by atoms with van der Waals surface area (Å²) < 4.78 is 6.33. The van der Waals surface area contributed by atoms with Crippen molar-refractivity contribution in [3.05, 3.63) is 46.8 Å². The van der Waals surface area contributed by atoms with Gasteiger partial charge in [0.15, 0.2) is 0 Å². The van der Waals surface area contributed by atoms with E-state index in [2.05, 4.69) is 59.8 Å². The molecule has 0 bridgehead atoms. The average molecular weight is 531 g/mol. The van der Waals surface area contributed by atoms with E-state index in [1.54, 1.807) is 0 Å². The zero-order chi connectivity index (χ0) is 28.4. The number of hydrogen-bond donors (Lipinski definition) is 2. The predicted octanol–water partition coefficient (Wildman–Crippen LogP) is 9.99. The second-order valence-corrected chi connectivity index (χ2v) is 12.3. The molecule has 0 spiro atoms. The first-order chi connectivity index (χ1) is 18.1. The smallest absolute Gasteiger partial charge is 0.121 e. The molecule has 0 aromatic rings. The summed E-state index contributed by atoms with van der Waals surface area (Å²) in [6.07, 6.45) is 24.8. The number of hydrogen-bond acceptors (Lipinski definition) is 3. The summed E-state index contributed by atoms with van der Waals surface area (Å²) in [7, 11) is 0. The highest BCUT2D eigenvalue weighted by Crippen LogP contribution is 2.34. The van der Waals surface area contributed by atoms with Gasteiger partial charge in [0, 0.05) is 5.92 Å². The van der Waals surface area contributed by atoms with E-state index in [1.165, 1.54) is 48.8 Å². The molecule has 1 aliphatic carbocycles. The molecule has 220 valence electrons. The zero-order valence-electron chi connectivity index (χ0n) is 26.2. The van der Waals surface area contributed by atoms with Gasteiger partial charge in [0.25, 0.3) is 0 Å². The van der Waals surface area contributed by atoms with Crippen molar-refractivity contribution in [3.8, 4) is 0 Å². The summed E-state index contributed by atoms with van der Waals surface area (Å²) in [4.78, 5) is 0. The Hall–Kier alpha value is -1.32. The Morgan fingerprint density at radius 2 is 1.76 bits per heavy atom. The summed E-state index contributed by atoms with van der Waals surface area (Å²) in [6, 6.07) is 0. The van der Waals surface area contributed by atoms with Crippen LogP contribution in [0.5, 0.6) is 0 Å². The van der Waals surface area contributed by atoms with Gasteiger partial charge in [-0.2, -0.15) is 0 Å². The van der Waals surface area contributed by atoms with Gasteiger partial charge in [-0.1, -0.05) is 89.5 Å². The van der Waals surface area contributed by atoms with E-state index in [0.717, 1.165) is 76.6 Å². The van der Waals surface area contributed by atoms with Gasteiger partial charge in [0.05, 0.1) is 18.3 Å². The molecular formula is C35H62O3. The third-order valence-corrected chi connectivity index (χ3v) is 8.40. The zero-order valence-corrected chi connectivity index (χ0v) is 26.2. The normalized spacial score (nSPS) is 21.1. The van der Waals surface area contributed by atoms with Crippen molar-refractivity contribution in [1.82, 2.24) is 0 Å². The summed E-state index contributed by atoms with van der Waals surface area (Å²) >= 11 is 0. The van der Waals surface area contributed by atoms with Crippen LogP contribution in [-0.4, -0.2) is 28.5 Å². The van der Waals surface area contributed by atoms with E-state index in [9.17, 15) is 10.2 Å². The topological polar surface area (TPSA) is 49.7 Å². The molecule has 2 N–H and O–H groups in total. The van der Waals surface area contributed by atoms with Crippen molar-refractivity contribution in [1.29, 1.82) is 0 Å². The molecular weight excluding hydrogens is 468 g/mol. The Kier molecular flexibility index (Phi) is 18.0.